The van der Waals surface area contributed by atoms with Gasteiger partial charge in [0.25, 0.3) is 0 Å². The smallest absolute Gasteiger partial charge is 0.137 e. The highest BCUT2D eigenvalue weighted by Gasteiger charge is 2.22. The molecule has 2 rings (SSSR count). The van der Waals surface area contributed by atoms with Crippen LogP contribution in [0.5, 0.6) is 0 Å². The van der Waals surface area contributed by atoms with Gasteiger partial charge < -0.3 is 0 Å². The first-order valence-electron chi connectivity index (χ1n) is 7.89. The van der Waals surface area contributed by atoms with Gasteiger partial charge in [-0.15, -0.1) is 0 Å². The molecule has 110 valence electrons. The molecule has 1 saturated carbocycles. The summed E-state index contributed by atoms with van der Waals surface area (Å²) in [4.78, 5) is 12.2. The summed E-state index contributed by atoms with van der Waals surface area (Å²) < 4.78 is 0. The Kier molecular flexibility index (Phi) is 4.36. The van der Waals surface area contributed by atoms with Crippen LogP contribution < -0.4 is 0 Å². The largest absolute Gasteiger partial charge is 0.299 e. The van der Waals surface area contributed by atoms with Gasteiger partial charge in [0.15, 0.2) is 0 Å². The molecule has 1 nitrogen and oxygen atoms in total. The molecule has 0 radical (unpaired) electrons. The normalized spacial score (nSPS) is 16.1. The lowest BCUT2D eigenvalue weighted by Gasteiger charge is -2.25. The van der Waals surface area contributed by atoms with Crippen LogP contribution in [0, 0.1) is 19.8 Å². The minimum atomic E-state index is 0.171. The molecule has 0 amide bonds. The van der Waals surface area contributed by atoms with Gasteiger partial charge in [-0.25, -0.2) is 0 Å². The van der Waals surface area contributed by atoms with Crippen LogP contribution in [0.4, 0.5) is 0 Å². The molecule has 0 heterocycles. The number of carbonyl (C=O) groups is 1. The van der Waals surface area contributed by atoms with Crippen molar-refractivity contribution in [3.8, 4) is 0 Å². The van der Waals surface area contributed by atoms with Gasteiger partial charge in [0.05, 0.1) is 0 Å². The molecule has 1 aliphatic carbocycles. The summed E-state index contributed by atoms with van der Waals surface area (Å²) in [6, 6.07) is 4.53. The number of aryl methyl sites for hydroxylation is 2. The van der Waals surface area contributed by atoms with Crippen molar-refractivity contribution >= 4 is 5.78 Å². The summed E-state index contributed by atoms with van der Waals surface area (Å²) >= 11 is 0. The van der Waals surface area contributed by atoms with Crippen molar-refractivity contribution in [2.45, 2.75) is 72.1 Å². The molecule has 0 atom stereocenters. The average Bonchev–Trinajstić information content (AvgIpc) is 2.27. The van der Waals surface area contributed by atoms with Gasteiger partial charge in [-0.05, 0) is 47.4 Å². The predicted octanol–water partition coefficient (Wildman–Crippen LogP) is 4.90. The van der Waals surface area contributed by atoms with Crippen LogP contribution in [0.2, 0.25) is 0 Å². The highest BCUT2D eigenvalue weighted by atomic mass is 16.1. The lowest BCUT2D eigenvalue weighted by molar-refractivity contribution is -0.119. The van der Waals surface area contributed by atoms with E-state index in [1.165, 1.54) is 41.5 Å². The number of hydrogen-bond acceptors (Lipinski definition) is 1. The van der Waals surface area contributed by atoms with Crippen molar-refractivity contribution < 1.29 is 4.79 Å². The van der Waals surface area contributed by atoms with E-state index < -0.39 is 0 Å². The first-order chi connectivity index (χ1) is 9.27. The number of carbonyl (C=O) groups excluding carboxylic acids is 1. The predicted molar refractivity (Wildman–Crippen MR) is 85.3 cm³/mol. The Labute approximate surface area is 123 Å². The van der Waals surface area contributed by atoms with E-state index in [1.54, 1.807) is 0 Å². The second-order valence-corrected chi connectivity index (χ2v) is 7.56. The van der Waals surface area contributed by atoms with E-state index in [4.69, 9.17) is 0 Å². The van der Waals surface area contributed by atoms with Gasteiger partial charge in [0, 0.05) is 12.8 Å². The summed E-state index contributed by atoms with van der Waals surface area (Å²) in [6.45, 7) is 11.0. The van der Waals surface area contributed by atoms with Crippen LogP contribution in [0.1, 0.15) is 68.7 Å². The molecular weight excluding hydrogens is 244 g/mol. The van der Waals surface area contributed by atoms with Gasteiger partial charge in [-0.1, -0.05) is 52.2 Å². The van der Waals surface area contributed by atoms with Crippen LogP contribution in [-0.4, -0.2) is 5.78 Å². The molecule has 20 heavy (non-hydrogen) atoms. The highest BCUT2D eigenvalue weighted by Crippen LogP contribution is 2.31. The summed E-state index contributed by atoms with van der Waals surface area (Å²) in [5, 5.41) is 0. The second-order valence-electron chi connectivity index (χ2n) is 7.56. The molecule has 1 fully saturated rings. The molecule has 1 heteroatoms. The molecular formula is C19H28O. The Balaban J connectivity index is 2.13. The molecule has 0 N–H and O–H groups in total. The summed E-state index contributed by atoms with van der Waals surface area (Å²) in [5.41, 5.74) is 5.34. The Morgan fingerprint density at radius 2 is 1.70 bits per heavy atom. The van der Waals surface area contributed by atoms with Crippen LogP contribution in [0.25, 0.3) is 0 Å². The lowest BCUT2D eigenvalue weighted by atomic mass is 9.80. The van der Waals surface area contributed by atoms with Crippen molar-refractivity contribution in [2.75, 3.05) is 0 Å². The summed E-state index contributed by atoms with van der Waals surface area (Å²) in [5.74, 6) is 1.10. The van der Waals surface area contributed by atoms with Crippen molar-refractivity contribution in [3.05, 3.63) is 34.4 Å². The molecule has 1 aromatic carbocycles. The highest BCUT2D eigenvalue weighted by molar-refractivity contribution is 5.82. The third kappa shape index (κ3) is 3.50. The SMILES string of the molecule is Cc1cc(C(C)(C)C)cc(C)c1CC(=O)CC1CCC1. The zero-order valence-electron chi connectivity index (χ0n) is 13.7. The van der Waals surface area contributed by atoms with Gasteiger partial charge >= 0.3 is 0 Å². The van der Waals surface area contributed by atoms with E-state index in [0.29, 0.717) is 18.1 Å². The molecule has 0 bridgehead atoms. The van der Waals surface area contributed by atoms with Gasteiger partial charge in [-0.2, -0.15) is 0 Å². The van der Waals surface area contributed by atoms with Crippen molar-refractivity contribution in [3.63, 3.8) is 0 Å². The maximum atomic E-state index is 12.2. The fourth-order valence-corrected chi connectivity index (χ4v) is 2.99. The fraction of sp³-hybridized carbons (Fsp3) is 0.632. The maximum absolute atomic E-state index is 12.2. The van der Waals surface area contributed by atoms with Gasteiger partial charge in [0.1, 0.15) is 5.78 Å². The van der Waals surface area contributed by atoms with Crippen LogP contribution in [0.15, 0.2) is 12.1 Å². The van der Waals surface area contributed by atoms with E-state index >= 15 is 0 Å². The minimum absolute atomic E-state index is 0.171. The van der Waals surface area contributed by atoms with Crippen LogP contribution in [0.3, 0.4) is 0 Å². The number of Topliss-reactive ketones (excluding diaryl/α,β-unsaturated/α-hetero) is 1. The zero-order valence-corrected chi connectivity index (χ0v) is 13.7. The van der Waals surface area contributed by atoms with E-state index in [9.17, 15) is 4.79 Å². The van der Waals surface area contributed by atoms with Crippen molar-refractivity contribution in [1.82, 2.24) is 0 Å². The molecule has 1 aromatic rings. The molecule has 0 aromatic heterocycles. The Morgan fingerprint density at radius 1 is 1.15 bits per heavy atom. The third-order valence-electron chi connectivity index (χ3n) is 4.68. The van der Waals surface area contributed by atoms with Gasteiger partial charge in [0.2, 0.25) is 0 Å². The monoisotopic (exact) mass is 272 g/mol. The molecule has 0 spiro atoms. The number of ketones is 1. The minimum Gasteiger partial charge on any atom is -0.299 e. The Morgan fingerprint density at radius 3 is 2.10 bits per heavy atom. The summed E-state index contributed by atoms with van der Waals surface area (Å²) in [6.07, 6.45) is 5.24. The maximum Gasteiger partial charge on any atom is 0.137 e. The standard InChI is InChI=1S/C19H28O/c1-13-9-16(19(3,4)5)10-14(2)18(13)12-17(20)11-15-7-6-8-15/h9-10,15H,6-8,11-12H2,1-5H3. The lowest BCUT2D eigenvalue weighted by Crippen LogP contribution is -2.18. The number of hydrogen-bond donors (Lipinski definition) is 0. The van der Waals surface area contributed by atoms with E-state index in [2.05, 4.69) is 46.8 Å². The van der Waals surface area contributed by atoms with Crippen molar-refractivity contribution in [2.24, 2.45) is 5.92 Å². The average molecular weight is 272 g/mol. The number of benzene rings is 1. The quantitative estimate of drug-likeness (QED) is 0.761. The zero-order chi connectivity index (χ0) is 14.9. The molecule has 1 aliphatic rings. The molecule has 0 unspecified atom stereocenters. The van der Waals surface area contributed by atoms with Crippen molar-refractivity contribution in [1.29, 1.82) is 0 Å². The Bertz CT molecular complexity index is 478. The van der Waals surface area contributed by atoms with E-state index in [-0.39, 0.29) is 5.41 Å². The van der Waals surface area contributed by atoms with E-state index in [0.717, 1.165) is 6.42 Å². The Hall–Kier alpha value is -1.11. The second kappa shape index (κ2) is 5.71. The molecule has 0 saturated heterocycles. The third-order valence-corrected chi connectivity index (χ3v) is 4.68. The first-order valence-corrected chi connectivity index (χ1v) is 7.89. The van der Waals surface area contributed by atoms with E-state index in [1.807, 2.05) is 0 Å². The first kappa shape index (κ1) is 15.3. The van der Waals surface area contributed by atoms with Gasteiger partial charge in [-0.3, -0.25) is 4.79 Å². The fourth-order valence-electron chi connectivity index (χ4n) is 2.99. The summed E-state index contributed by atoms with van der Waals surface area (Å²) in [7, 11) is 0. The van der Waals surface area contributed by atoms with Crippen LogP contribution in [-0.2, 0) is 16.6 Å². The topological polar surface area (TPSA) is 17.1 Å². The molecule has 0 aliphatic heterocycles. The number of rotatable bonds is 4. The van der Waals surface area contributed by atoms with Crippen LogP contribution >= 0.6 is 0 Å².